The molecule has 0 aliphatic carbocycles. The van der Waals surface area contributed by atoms with Crippen molar-refractivity contribution in [3.63, 3.8) is 0 Å². The van der Waals surface area contributed by atoms with Crippen LogP contribution in [0.15, 0.2) is 30.5 Å². The second-order valence-electron chi connectivity index (χ2n) is 3.85. The molecule has 0 saturated carbocycles. The number of nitrogens with one attached hydrogen (secondary N) is 1. The zero-order chi connectivity index (χ0) is 12.5. The molecule has 0 amide bonds. The summed E-state index contributed by atoms with van der Waals surface area (Å²) in [5, 5.41) is 0.973. The van der Waals surface area contributed by atoms with Gasteiger partial charge in [-0.3, -0.25) is 0 Å². The first-order valence-corrected chi connectivity index (χ1v) is 5.70. The van der Waals surface area contributed by atoms with Gasteiger partial charge in [0.2, 0.25) is 5.82 Å². The number of carbonyl (C=O) groups is 1. The maximum absolute atomic E-state index is 11.6. The first-order valence-electron chi connectivity index (χ1n) is 5.70. The maximum atomic E-state index is 11.6. The highest BCUT2D eigenvalue weighted by Gasteiger charge is 2.13. The topological polar surface area (TPSA) is 67.9 Å². The number of hydrogen-bond donors (Lipinski definition) is 1. The Labute approximate surface area is 103 Å². The van der Waals surface area contributed by atoms with Crippen LogP contribution in [-0.2, 0) is 4.74 Å². The quantitative estimate of drug-likeness (QED) is 0.699. The van der Waals surface area contributed by atoms with Gasteiger partial charge in [0.05, 0.1) is 18.3 Å². The summed E-state index contributed by atoms with van der Waals surface area (Å²) in [6.45, 7) is 2.07. The molecule has 0 aliphatic rings. The number of H-pyrrole nitrogens is 1. The molecule has 18 heavy (non-hydrogen) atoms. The second kappa shape index (κ2) is 4.10. The van der Waals surface area contributed by atoms with Crippen molar-refractivity contribution in [2.75, 3.05) is 6.61 Å². The summed E-state index contributed by atoms with van der Waals surface area (Å²) in [4.78, 5) is 23.1. The van der Waals surface area contributed by atoms with Crippen LogP contribution in [0.4, 0.5) is 0 Å². The smallest absolute Gasteiger partial charge is 0.376 e. The van der Waals surface area contributed by atoms with Crippen molar-refractivity contribution in [3.05, 3.63) is 36.3 Å². The number of rotatable bonds is 2. The van der Waals surface area contributed by atoms with Gasteiger partial charge < -0.3 is 9.72 Å². The molecule has 0 spiro atoms. The lowest BCUT2D eigenvalue weighted by molar-refractivity contribution is 0.0512. The highest BCUT2D eigenvalue weighted by Crippen LogP contribution is 2.22. The van der Waals surface area contributed by atoms with Crippen molar-refractivity contribution in [1.82, 2.24) is 15.0 Å². The van der Waals surface area contributed by atoms with E-state index in [1.807, 2.05) is 24.3 Å². The molecule has 1 N–H and O–H groups in total. The van der Waals surface area contributed by atoms with Gasteiger partial charge in [0, 0.05) is 10.9 Å². The number of esters is 1. The number of hydrogen-bond acceptors (Lipinski definition) is 4. The van der Waals surface area contributed by atoms with Crippen LogP contribution in [0, 0.1) is 0 Å². The summed E-state index contributed by atoms with van der Waals surface area (Å²) in [5.41, 5.74) is 2.52. The minimum absolute atomic E-state index is 0.0918. The number of ether oxygens (including phenoxy) is 1. The van der Waals surface area contributed by atoms with Crippen LogP contribution in [0.2, 0.25) is 0 Å². The van der Waals surface area contributed by atoms with E-state index >= 15 is 0 Å². The first-order chi connectivity index (χ1) is 8.79. The first kappa shape index (κ1) is 10.7. The number of para-hydroxylation sites is 1. The van der Waals surface area contributed by atoms with Crippen LogP contribution in [0.3, 0.4) is 0 Å². The van der Waals surface area contributed by atoms with E-state index in [1.165, 1.54) is 0 Å². The fourth-order valence-corrected chi connectivity index (χ4v) is 1.92. The second-order valence-corrected chi connectivity index (χ2v) is 3.85. The lowest BCUT2D eigenvalue weighted by Gasteiger charge is -1.99. The third-order valence-electron chi connectivity index (χ3n) is 2.70. The Morgan fingerprint density at radius 1 is 1.33 bits per heavy atom. The Balaban J connectivity index is 2.21. The normalized spacial score (nSPS) is 10.9. The molecule has 0 aliphatic heterocycles. The van der Waals surface area contributed by atoms with E-state index in [-0.39, 0.29) is 5.82 Å². The molecule has 90 valence electrons. The minimum atomic E-state index is -0.496. The standard InChI is InChI=1S/C13H11N3O2/c1-2-18-13(17)12-14-7-10-11(16-12)8-5-3-4-6-9(8)15-10/h3-7,15H,2H2,1H3. The fraction of sp³-hybridized carbons (Fsp3) is 0.154. The third-order valence-corrected chi connectivity index (χ3v) is 2.70. The van der Waals surface area contributed by atoms with Crippen LogP contribution in [-0.4, -0.2) is 27.5 Å². The molecule has 2 aromatic heterocycles. The van der Waals surface area contributed by atoms with Gasteiger partial charge in [0.1, 0.15) is 5.52 Å². The number of aromatic amines is 1. The van der Waals surface area contributed by atoms with E-state index in [0.717, 1.165) is 21.9 Å². The number of fused-ring (bicyclic) bond motifs is 3. The molecule has 0 unspecified atom stereocenters. The largest absolute Gasteiger partial charge is 0.460 e. The number of aromatic nitrogens is 3. The molecular weight excluding hydrogens is 230 g/mol. The SMILES string of the molecule is CCOC(=O)c1ncc2[nH]c3ccccc3c2n1. The molecule has 0 radical (unpaired) electrons. The molecule has 5 heteroatoms. The zero-order valence-corrected chi connectivity index (χ0v) is 9.80. The van der Waals surface area contributed by atoms with E-state index in [9.17, 15) is 4.79 Å². The fourth-order valence-electron chi connectivity index (χ4n) is 1.92. The molecule has 0 atom stereocenters. The summed E-state index contributed by atoms with van der Waals surface area (Å²) in [6.07, 6.45) is 1.61. The van der Waals surface area contributed by atoms with Crippen molar-refractivity contribution in [1.29, 1.82) is 0 Å². The summed E-state index contributed by atoms with van der Waals surface area (Å²) < 4.78 is 4.89. The molecule has 1 aromatic carbocycles. The van der Waals surface area contributed by atoms with Gasteiger partial charge in [0.25, 0.3) is 0 Å². The Bertz CT molecular complexity index is 733. The average Bonchev–Trinajstić information content (AvgIpc) is 2.76. The Morgan fingerprint density at radius 3 is 3.00 bits per heavy atom. The molecule has 0 bridgehead atoms. The predicted molar refractivity (Wildman–Crippen MR) is 67.4 cm³/mol. The molecular formula is C13H11N3O2. The number of benzene rings is 1. The van der Waals surface area contributed by atoms with Crippen molar-refractivity contribution >= 4 is 27.9 Å². The van der Waals surface area contributed by atoms with Gasteiger partial charge in [-0.1, -0.05) is 18.2 Å². The van der Waals surface area contributed by atoms with Crippen molar-refractivity contribution in [2.45, 2.75) is 6.92 Å². The Morgan fingerprint density at radius 2 is 2.17 bits per heavy atom. The van der Waals surface area contributed by atoms with E-state index in [0.29, 0.717) is 6.61 Å². The van der Waals surface area contributed by atoms with Crippen LogP contribution >= 0.6 is 0 Å². The summed E-state index contributed by atoms with van der Waals surface area (Å²) >= 11 is 0. The van der Waals surface area contributed by atoms with Gasteiger partial charge >= 0.3 is 5.97 Å². The summed E-state index contributed by atoms with van der Waals surface area (Å²) in [5.74, 6) is -0.404. The van der Waals surface area contributed by atoms with Gasteiger partial charge in [-0.15, -0.1) is 0 Å². The highest BCUT2D eigenvalue weighted by molar-refractivity contribution is 6.05. The number of carbonyl (C=O) groups excluding carboxylic acids is 1. The van der Waals surface area contributed by atoms with Crippen LogP contribution < -0.4 is 0 Å². The van der Waals surface area contributed by atoms with E-state index in [2.05, 4.69) is 15.0 Å². The molecule has 3 aromatic rings. The molecule has 3 rings (SSSR count). The maximum Gasteiger partial charge on any atom is 0.376 e. The van der Waals surface area contributed by atoms with Crippen molar-refractivity contribution in [2.24, 2.45) is 0 Å². The Hall–Kier alpha value is -2.43. The van der Waals surface area contributed by atoms with E-state index < -0.39 is 5.97 Å². The van der Waals surface area contributed by atoms with Gasteiger partial charge in [-0.2, -0.15) is 0 Å². The lowest BCUT2D eigenvalue weighted by Crippen LogP contribution is -2.09. The molecule has 2 heterocycles. The Kier molecular flexibility index (Phi) is 2.44. The van der Waals surface area contributed by atoms with Crippen LogP contribution in [0.1, 0.15) is 17.5 Å². The monoisotopic (exact) mass is 241 g/mol. The van der Waals surface area contributed by atoms with E-state index in [1.54, 1.807) is 13.1 Å². The van der Waals surface area contributed by atoms with Gasteiger partial charge in [0.15, 0.2) is 0 Å². The van der Waals surface area contributed by atoms with E-state index in [4.69, 9.17) is 4.74 Å². The summed E-state index contributed by atoms with van der Waals surface area (Å²) in [6, 6.07) is 7.79. The van der Waals surface area contributed by atoms with Gasteiger partial charge in [-0.05, 0) is 13.0 Å². The lowest BCUT2D eigenvalue weighted by atomic mass is 10.2. The van der Waals surface area contributed by atoms with Crippen molar-refractivity contribution < 1.29 is 9.53 Å². The molecule has 5 nitrogen and oxygen atoms in total. The molecule has 0 saturated heterocycles. The van der Waals surface area contributed by atoms with Crippen LogP contribution in [0.25, 0.3) is 21.9 Å². The van der Waals surface area contributed by atoms with Crippen LogP contribution in [0.5, 0.6) is 0 Å². The number of nitrogens with zero attached hydrogens (tertiary/aromatic N) is 2. The third kappa shape index (κ3) is 1.60. The average molecular weight is 241 g/mol. The predicted octanol–water partition coefficient (Wildman–Crippen LogP) is 2.29. The van der Waals surface area contributed by atoms with Gasteiger partial charge in [-0.25, -0.2) is 14.8 Å². The zero-order valence-electron chi connectivity index (χ0n) is 9.80. The minimum Gasteiger partial charge on any atom is -0.460 e. The highest BCUT2D eigenvalue weighted by atomic mass is 16.5. The summed E-state index contributed by atoms with van der Waals surface area (Å²) in [7, 11) is 0. The van der Waals surface area contributed by atoms with Crippen molar-refractivity contribution in [3.8, 4) is 0 Å². The molecule has 0 fully saturated rings.